The highest BCUT2D eigenvalue weighted by Gasteiger charge is 2.23. The average molecular weight is 212 g/mol. The van der Waals surface area contributed by atoms with Crippen LogP contribution >= 0.6 is 0 Å². The molecule has 0 amide bonds. The van der Waals surface area contributed by atoms with Gasteiger partial charge in [0.2, 0.25) is 0 Å². The van der Waals surface area contributed by atoms with E-state index in [4.69, 9.17) is 0 Å². The van der Waals surface area contributed by atoms with E-state index in [1.807, 2.05) is 0 Å². The normalized spacial score (nSPS) is 20.8. The summed E-state index contributed by atoms with van der Waals surface area (Å²) in [5.41, 5.74) is 0. The van der Waals surface area contributed by atoms with E-state index in [9.17, 15) is 0 Å². The summed E-state index contributed by atoms with van der Waals surface area (Å²) in [4.78, 5) is 2.69. The molecule has 0 aliphatic carbocycles. The van der Waals surface area contributed by atoms with Crippen LogP contribution in [-0.2, 0) is 0 Å². The highest BCUT2D eigenvalue weighted by atomic mass is 15.1. The fraction of sp³-hybridized carbons (Fsp3) is 1.00. The number of hydrogen-bond donors (Lipinski definition) is 1. The van der Waals surface area contributed by atoms with Crippen LogP contribution in [0.2, 0.25) is 0 Å². The Balaban J connectivity index is 2.41. The second-order valence-corrected chi connectivity index (χ2v) is 4.86. The van der Waals surface area contributed by atoms with Gasteiger partial charge in [0.25, 0.3) is 0 Å². The van der Waals surface area contributed by atoms with E-state index in [0.29, 0.717) is 0 Å². The standard InChI is InChI=1S/C13H28N2/c1-4-10-15(11-5-2)12(3)13-6-8-14-9-7-13/h12-14H,4-11H2,1-3H3. The molecule has 0 spiro atoms. The number of rotatable bonds is 6. The number of nitrogens with one attached hydrogen (secondary N) is 1. The van der Waals surface area contributed by atoms with Crippen molar-refractivity contribution in [1.29, 1.82) is 0 Å². The Bertz CT molecular complexity index is 147. The maximum Gasteiger partial charge on any atom is 0.00961 e. The third kappa shape index (κ3) is 4.12. The van der Waals surface area contributed by atoms with Crippen molar-refractivity contribution in [3.63, 3.8) is 0 Å². The van der Waals surface area contributed by atoms with Gasteiger partial charge in [0.05, 0.1) is 0 Å². The maximum atomic E-state index is 3.45. The molecule has 1 N–H and O–H groups in total. The quantitative estimate of drug-likeness (QED) is 0.728. The molecule has 15 heavy (non-hydrogen) atoms. The molecular weight excluding hydrogens is 184 g/mol. The minimum Gasteiger partial charge on any atom is -0.317 e. The Labute approximate surface area is 95.4 Å². The highest BCUT2D eigenvalue weighted by Crippen LogP contribution is 2.21. The molecule has 2 heteroatoms. The zero-order valence-corrected chi connectivity index (χ0v) is 10.8. The van der Waals surface area contributed by atoms with Crippen LogP contribution in [0.25, 0.3) is 0 Å². The van der Waals surface area contributed by atoms with Crippen LogP contribution in [0.3, 0.4) is 0 Å². The molecule has 1 unspecified atom stereocenters. The van der Waals surface area contributed by atoms with Gasteiger partial charge in [-0.2, -0.15) is 0 Å². The van der Waals surface area contributed by atoms with E-state index in [1.54, 1.807) is 0 Å². The van der Waals surface area contributed by atoms with Crippen molar-refractivity contribution in [2.24, 2.45) is 5.92 Å². The summed E-state index contributed by atoms with van der Waals surface area (Å²) in [6.07, 6.45) is 5.31. The molecule has 0 aromatic heterocycles. The van der Waals surface area contributed by atoms with Crippen LogP contribution in [0.5, 0.6) is 0 Å². The maximum absolute atomic E-state index is 3.45. The summed E-state index contributed by atoms with van der Waals surface area (Å²) in [6.45, 7) is 12.0. The molecule has 2 nitrogen and oxygen atoms in total. The van der Waals surface area contributed by atoms with Gasteiger partial charge in [-0.3, -0.25) is 0 Å². The summed E-state index contributed by atoms with van der Waals surface area (Å²) in [6, 6.07) is 0.784. The van der Waals surface area contributed by atoms with Gasteiger partial charge in [-0.1, -0.05) is 13.8 Å². The molecule has 0 saturated carbocycles. The molecule has 1 aliphatic rings. The number of piperidine rings is 1. The lowest BCUT2D eigenvalue weighted by atomic mass is 9.90. The van der Waals surface area contributed by atoms with Crippen LogP contribution in [0.1, 0.15) is 46.5 Å². The Morgan fingerprint density at radius 1 is 1.13 bits per heavy atom. The van der Waals surface area contributed by atoms with Crippen LogP contribution < -0.4 is 5.32 Å². The van der Waals surface area contributed by atoms with E-state index < -0.39 is 0 Å². The summed E-state index contributed by atoms with van der Waals surface area (Å²) >= 11 is 0. The highest BCUT2D eigenvalue weighted by molar-refractivity contribution is 4.79. The fourth-order valence-corrected chi connectivity index (χ4v) is 2.72. The van der Waals surface area contributed by atoms with Gasteiger partial charge in [0.1, 0.15) is 0 Å². The van der Waals surface area contributed by atoms with E-state index in [0.717, 1.165) is 12.0 Å². The molecule has 0 aromatic carbocycles. The van der Waals surface area contributed by atoms with Crippen LogP contribution in [0.4, 0.5) is 0 Å². The predicted octanol–water partition coefficient (Wildman–Crippen LogP) is 2.50. The van der Waals surface area contributed by atoms with E-state index in [1.165, 1.54) is 51.9 Å². The van der Waals surface area contributed by atoms with Crippen molar-refractivity contribution in [2.45, 2.75) is 52.5 Å². The Morgan fingerprint density at radius 3 is 2.13 bits per heavy atom. The zero-order chi connectivity index (χ0) is 11.1. The molecule has 1 rings (SSSR count). The van der Waals surface area contributed by atoms with Gasteiger partial charge in [-0.25, -0.2) is 0 Å². The Morgan fingerprint density at radius 2 is 1.67 bits per heavy atom. The molecule has 1 heterocycles. The minimum atomic E-state index is 0.784. The van der Waals surface area contributed by atoms with Crippen molar-refractivity contribution in [2.75, 3.05) is 26.2 Å². The molecule has 1 fully saturated rings. The third-order valence-electron chi connectivity index (χ3n) is 3.66. The number of hydrogen-bond acceptors (Lipinski definition) is 2. The summed E-state index contributed by atoms with van der Waals surface area (Å²) < 4.78 is 0. The van der Waals surface area contributed by atoms with Gasteiger partial charge < -0.3 is 10.2 Å². The monoisotopic (exact) mass is 212 g/mol. The molecule has 0 aromatic rings. The third-order valence-corrected chi connectivity index (χ3v) is 3.66. The molecule has 0 radical (unpaired) electrons. The summed E-state index contributed by atoms with van der Waals surface area (Å²) in [5.74, 6) is 0.921. The molecule has 1 aliphatic heterocycles. The minimum absolute atomic E-state index is 0.784. The van der Waals surface area contributed by atoms with Gasteiger partial charge in [0, 0.05) is 6.04 Å². The smallest absolute Gasteiger partial charge is 0.00961 e. The first kappa shape index (κ1) is 13.0. The molecule has 0 bridgehead atoms. The van der Waals surface area contributed by atoms with E-state index in [-0.39, 0.29) is 0 Å². The largest absolute Gasteiger partial charge is 0.317 e. The summed E-state index contributed by atoms with van der Waals surface area (Å²) in [5, 5.41) is 3.45. The lowest BCUT2D eigenvalue weighted by Crippen LogP contribution is -2.43. The van der Waals surface area contributed by atoms with Crippen molar-refractivity contribution in [3.8, 4) is 0 Å². The lowest BCUT2D eigenvalue weighted by Gasteiger charge is -2.36. The molecule has 90 valence electrons. The SMILES string of the molecule is CCCN(CCC)C(C)C1CCNCC1. The van der Waals surface area contributed by atoms with Gasteiger partial charge in [0.15, 0.2) is 0 Å². The van der Waals surface area contributed by atoms with Crippen molar-refractivity contribution in [1.82, 2.24) is 10.2 Å². The summed E-state index contributed by atoms with van der Waals surface area (Å²) in [7, 11) is 0. The second-order valence-electron chi connectivity index (χ2n) is 4.86. The van der Waals surface area contributed by atoms with Gasteiger partial charge in [-0.05, 0) is 64.7 Å². The fourth-order valence-electron chi connectivity index (χ4n) is 2.72. The van der Waals surface area contributed by atoms with Crippen LogP contribution in [0, 0.1) is 5.92 Å². The van der Waals surface area contributed by atoms with Crippen molar-refractivity contribution < 1.29 is 0 Å². The predicted molar refractivity (Wildman–Crippen MR) is 67.2 cm³/mol. The molecule has 1 atom stereocenters. The first-order valence-electron chi connectivity index (χ1n) is 6.74. The van der Waals surface area contributed by atoms with Crippen molar-refractivity contribution in [3.05, 3.63) is 0 Å². The second kappa shape index (κ2) is 7.24. The van der Waals surface area contributed by atoms with E-state index >= 15 is 0 Å². The topological polar surface area (TPSA) is 15.3 Å². The average Bonchev–Trinajstić information content (AvgIpc) is 2.29. The first-order chi connectivity index (χ1) is 7.29. The zero-order valence-electron chi connectivity index (χ0n) is 10.8. The van der Waals surface area contributed by atoms with E-state index in [2.05, 4.69) is 31.0 Å². The molecular formula is C13H28N2. The van der Waals surface area contributed by atoms with Crippen molar-refractivity contribution >= 4 is 0 Å². The van der Waals surface area contributed by atoms with Crippen LogP contribution in [0.15, 0.2) is 0 Å². The van der Waals surface area contributed by atoms with Gasteiger partial charge >= 0.3 is 0 Å². The number of nitrogens with zero attached hydrogens (tertiary/aromatic N) is 1. The Kier molecular flexibility index (Phi) is 6.26. The first-order valence-corrected chi connectivity index (χ1v) is 6.74. The Hall–Kier alpha value is -0.0800. The van der Waals surface area contributed by atoms with Crippen LogP contribution in [-0.4, -0.2) is 37.1 Å². The lowest BCUT2D eigenvalue weighted by molar-refractivity contribution is 0.133. The van der Waals surface area contributed by atoms with Gasteiger partial charge in [-0.15, -0.1) is 0 Å². The molecule has 1 saturated heterocycles.